The number of piperidine rings is 1. The van der Waals surface area contributed by atoms with E-state index in [1.807, 2.05) is 0 Å². The summed E-state index contributed by atoms with van der Waals surface area (Å²) < 4.78 is 0. The molecule has 1 saturated heterocycles. The number of anilines is 1. The van der Waals surface area contributed by atoms with Gasteiger partial charge in [0.25, 0.3) is 0 Å². The number of halogens is 1. The van der Waals surface area contributed by atoms with Gasteiger partial charge in [0.2, 0.25) is 0 Å². The summed E-state index contributed by atoms with van der Waals surface area (Å²) in [5.41, 5.74) is 0.678. The lowest BCUT2D eigenvalue weighted by molar-refractivity contribution is -0.384. The van der Waals surface area contributed by atoms with Crippen molar-refractivity contribution in [1.82, 2.24) is 0 Å². The van der Waals surface area contributed by atoms with Gasteiger partial charge in [0.1, 0.15) is 10.7 Å². The third-order valence-corrected chi connectivity index (χ3v) is 3.45. The fraction of sp³-hybridized carbons (Fsp3) is 0.500. The monoisotopic (exact) mass is 254 g/mol. The maximum atomic E-state index is 11.1. The largest absolute Gasteiger partial charge is 0.366 e. The summed E-state index contributed by atoms with van der Waals surface area (Å²) in [5.74, 6) is 0.572. The van der Waals surface area contributed by atoms with E-state index in [0.717, 1.165) is 19.5 Å². The Kier molecular flexibility index (Phi) is 3.52. The van der Waals surface area contributed by atoms with Crippen LogP contribution in [0.5, 0.6) is 0 Å². The first-order valence-corrected chi connectivity index (χ1v) is 6.15. The Labute approximate surface area is 105 Å². The molecule has 1 aliphatic rings. The van der Waals surface area contributed by atoms with Gasteiger partial charge < -0.3 is 4.90 Å². The molecule has 2 rings (SSSR count). The van der Waals surface area contributed by atoms with Gasteiger partial charge in [-0.3, -0.25) is 10.1 Å². The molecule has 0 aliphatic carbocycles. The van der Waals surface area contributed by atoms with Crippen LogP contribution in [0.1, 0.15) is 19.8 Å². The Morgan fingerprint density at radius 3 is 2.94 bits per heavy atom. The highest BCUT2D eigenvalue weighted by Crippen LogP contribution is 2.36. The molecule has 5 heteroatoms. The normalized spacial score (nSPS) is 20.4. The molecular formula is C12H15ClN2O2. The lowest BCUT2D eigenvalue weighted by Crippen LogP contribution is -2.34. The van der Waals surface area contributed by atoms with Crippen molar-refractivity contribution < 1.29 is 4.92 Å². The van der Waals surface area contributed by atoms with Crippen LogP contribution in [0.4, 0.5) is 11.4 Å². The molecule has 1 unspecified atom stereocenters. The van der Waals surface area contributed by atoms with Crippen molar-refractivity contribution in [2.45, 2.75) is 19.8 Å². The van der Waals surface area contributed by atoms with E-state index in [2.05, 4.69) is 11.8 Å². The van der Waals surface area contributed by atoms with Crippen LogP contribution in [0.15, 0.2) is 18.2 Å². The predicted molar refractivity (Wildman–Crippen MR) is 68.7 cm³/mol. The Hall–Kier alpha value is -1.29. The van der Waals surface area contributed by atoms with Crippen molar-refractivity contribution in [2.24, 2.45) is 5.92 Å². The molecule has 1 aromatic rings. The Morgan fingerprint density at radius 2 is 2.29 bits per heavy atom. The maximum Gasteiger partial charge on any atom is 0.310 e. The highest BCUT2D eigenvalue weighted by atomic mass is 35.5. The van der Waals surface area contributed by atoms with Crippen molar-refractivity contribution in [1.29, 1.82) is 0 Å². The summed E-state index contributed by atoms with van der Waals surface area (Å²) in [7, 11) is 0. The lowest BCUT2D eigenvalue weighted by atomic mass is 9.99. The minimum Gasteiger partial charge on any atom is -0.366 e. The van der Waals surface area contributed by atoms with E-state index in [1.54, 1.807) is 18.2 Å². The molecule has 1 atom stereocenters. The molecule has 0 aromatic heterocycles. The van der Waals surface area contributed by atoms with E-state index in [1.165, 1.54) is 6.42 Å². The quantitative estimate of drug-likeness (QED) is 0.600. The number of hydrogen-bond acceptors (Lipinski definition) is 3. The molecule has 0 radical (unpaired) electrons. The molecule has 0 saturated carbocycles. The van der Waals surface area contributed by atoms with Crippen LogP contribution < -0.4 is 4.90 Å². The second-order valence-corrected chi connectivity index (χ2v) is 4.97. The zero-order valence-electron chi connectivity index (χ0n) is 9.73. The van der Waals surface area contributed by atoms with Crippen LogP contribution in [0.2, 0.25) is 5.02 Å². The van der Waals surface area contributed by atoms with Crippen LogP contribution >= 0.6 is 11.6 Å². The van der Waals surface area contributed by atoms with Crippen molar-refractivity contribution in [3.8, 4) is 0 Å². The summed E-state index contributed by atoms with van der Waals surface area (Å²) in [5, 5.41) is 11.3. The Bertz CT molecular complexity index is 437. The standard InChI is InChI=1S/C12H15ClN2O2/c1-9-4-3-7-14(8-9)11-6-2-5-10(13)12(11)15(16)17/h2,5-6,9H,3-4,7-8H2,1H3. The first-order valence-electron chi connectivity index (χ1n) is 5.77. The third-order valence-electron chi connectivity index (χ3n) is 3.15. The predicted octanol–water partition coefficient (Wildman–Crippen LogP) is 3.48. The highest BCUT2D eigenvalue weighted by Gasteiger charge is 2.25. The van der Waals surface area contributed by atoms with Gasteiger partial charge in [0.15, 0.2) is 0 Å². The highest BCUT2D eigenvalue weighted by molar-refractivity contribution is 6.33. The fourth-order valence-corrected chi connectivity index (χ4v) is 2.59. The number of nitro groups is 1. The van der Waals surface area contributed by atoms with Gasteiger partial charge in [0.05, 0.1) is 4.92 Å². The van der Waals surface area contributed by atoms with Gasteiger partial charge >= 0.3 is 5.69 Å². The number of rotatable bonds is 2. The average molecular weight is 255 g/mol. The maximum absolute atomic E-state index is 11.1. The molecular weight excluding hydrogens is 240 g/mol. The van der Waals surface area contributed by atoms with Gasteiger partial charge in [-0.25, -0.2) is 0 Å². The molecule has 17 heavy (non-hydrogen) atoms. The summed E-state index contributed by atoms with van der Waals surface area (Å²) in [6, 6.07) is 5.11. The minimum atomic E-state index is -0.392. The molecule has 92 valence electrons. The number of benzene rings is 1. The van der Waals surface area contributed by atoms with Crippen molar-refractivity contribution in [3.05, 3.63) is 33.3 Å². The average Bonchev–Trinajstić information content (AvgIpc) is 2.28. The van der Waals surface area contributed by atoms with Crippen LogP contribution in [0.3, 0.4) is 0 Å². The molecule has 1 heterocycles. The molecule has 0 bridgehead atoms. The summed E-state index contributed by atoms with van der Waals surface area (Å²) in [4.78, 5) is 12.7. The van der Waals surface area contributed by atoms with Crippen LogP contribution in [0, 0.1) is 16.0 Å². The molecule has 1 aromatic carbocycles. The molecule has 1 fully saturated rings. The van der Waals surface area contributed by atoms with Crippen LogP contribution in [-0.4, -0.2) is 18.0 Å². The van der Waals surface area contributed by atoms with Crippen molar-refractivity contribution >= 4 is 23.0 Å². The van der Waals surface area contributed by atoms with E-state index in [9.17, 15) is 10.1 Å². The van der Waals surface area contributed by atoms with Crippen LogP contribution in [0.25, 0.3) is 0 Å². The van der Waals surface area contributed by atoms with E-state index in [0.29, 0.717) is 11.6 Å². The smallest absolute Gasteiger partial charge is 0.310 e. The zero-order valence-corrected chi connectivity index (χ0v) is 10.5. The van der Waals surface area contributed by atoms with Gasteiger partial charge in [-0.15, -0.1) is 0 Å². The third kappa shape index (κ3) is 2.52. The first kappa shape index (κ1) is 12.2. The van der Waals surface area contributed by atoms with E-state index in [-0.39, 0.29) is 10.7 Å². The summed E-state index contributed by atoms with van der Waals surface area (Å²) in [6.45, 7) is 3.90. The van der Waals surface area contributed by atoms with E-state index in [4.69, 9.17) is 11.6 Å². The molecule has 0 amide bonds. The fourth-order valence-electron chi connectivity index (χ4n) is 2.35. The summed E-state index contributed by atoms with van der Waals surface area (Å²) in [6.07, 6.45) is 2.26. The van der Waals surface area contributed by atoms with Gasteiger partial charge in [-0.05, 0) is 30.9 Å². The van der Waals surface area contributed by atoms with E-state index < -0.39 is 4.92 Å². The Balaban J connectivity index is 2.37. The number of nitrogens with zero attached hydrogens (tertiary/aromatic N) is 2. The molecule has 0 spiro atoms. The van der Waals surface area contributed by atoms with Gasteiger partial charge in [-0.1, -0.05) is 24.6 Å². The van der Waals surface area contributed by atoms with Crippen molar-refractivity contribution in [2.75, 3.05) is 18.0 Å². The van der Waals surface area contributed by atoms with Gasteiger partial charge in [-0.2, -0.15) is 0 Å². The number of hydrogen-bond donors (Lipinski definition) is 0. The SMILES string of the molecule is CC1CCCN(c2cccc(Cl)c2[N+](=O)[O-])C1. The lowest BCUT2D eigenvalue weighted by Gasteiger charge is -2.32. The van der Waals surface area contributed by atoms with Gasteiger partial charge in [0, 0.05) is 13.1 Å². The van der Waals surface area contributed by atoms with E-state index >= 15 is 0 Å². The molecule has 4 nitrogen and oxygen atoms in total. The minimum absolute atomic E-state index is 0.0308. The summed E-state index contributed by atoms with van der Waals surface area (Å²) >= 11 is 5.91. The topological polar surface area (TPSA) is 46.4 Å². The second kappa shape index (κ2) is 4.92. The second-order valence-electron chi connectivity index (χ2n) is 4.56. The number of nitro benzene ring substituents is 1. The molecule has 1 aliphatic heterocycles. The Morgan fingerprint density at radius 1 is 1.53 bits per heavy atom. The zero-order chi connectivity index (χ0) is 12.4. The molecule has 0 N–H and O–H groups in total. The first-order chi connectivity index (χ1) is 8.09. The number of para-hydroxylation sites is 1. The van der Waals surface area contributed by atoms with Crippen molar-refractivity contribution in [3.63, 3.8) is 0 Å². The van der Waals surface area contributed by atoms with Crippen LogP contribution in [-0.2, 0) is 0 Å².